The van der Waals surface area contributed by atoms with E-state index in [0.29, 0.717) is 12.6 Å². The number of benzene rings is 1. The molecule has 7 nitrogen and oxygen atoms in total. The lowest BCUT2D eigenvalue weighted by Crippen LogP contribution is -2.63. The van der Waals surface area contributed by atoms with Crippen molar-refractivity contribution in [2.45, 2.75) is 64.2 Å². The Hall–Kier alpha value is -1.61. The Morgan fingerprint density at radius 2 is 1.76 bits per heavy atom. The first kappa shape index (κ1) is 26.0. The van der Waals surface area contributed by atoms with Gasteiger partial charge in [0.2, 0.25) is 0 Å². The average molecular weight is 479 g/mol. The van der Waals surface area contributed by atoms with Gasteiger partial charge in [-0.15, -0.1) is 0 Å². The normalized spacial score (nSPS) is 20.8. The molecular weight excluding hydrogens is 436 g/mol. The first-order valence-electron chi connectivity index (χ1n) is 12.0. The molecule has 0 saturated carbocycles. The van der Waals surface area contributed by atoms with E-state index in [1.807, 2.05) is 12.1 Å². The molecule has 186 valence electrons. The molecule has 0 aliphatic carbocycles. The Morgan fingerprint density at radius 1 is 1.12 bits per heavy atom. The lowest BCUT2D eigenvalue weighted by atomic mass is 9.80. The highest BCUT2D eigenvalue weighted by molar-refractivity contribution is 7.80. The van der Waals surface area contributed by atoms with Crippen molar-refractivity contribution in [2.24, 2.45) is 0 Å². The van der Waals surface area contributed by atoms with Gasteiger partial charge in [0.15, 0.2) is 16.6 Å². The summed E-state index contributed by atoms with van der Waals surface area (Å²) in [6.07, 6.45) is 2.06. The molecule has 0 unspecified atom stereocenters. The van der Waals surface area contributed by atoms with Crippen LogP contribution < -0.4 is 20.1 Å². The fourth-order valence-electron chi connectivity index (χ4n) is 5.23. The first-order chi connectivity index (χ1) is 15.6. The zero-order valence-electron chi connectivity index (χ0n) is 21.2. The Kier molecular flexibility index (Phi) is 8.83. The lowest BCUT2D eigenvalue weighted by Gasteiger charge is -2.47. The van der Waals surface area contributed by atoms with Gasteiger partial charge < -0.3 is 29.7 Å². The third-order valence-corrected chi connectivity index (χ3v) is 6.79. The minimum absolute atomic E-state index is 0.0665. The number of nitrogens with one attached hydrogen (secondary N) is 2. The maximum absolute atomic E-state index is 5.98. The maximum atomic E-state index is 5.98. The van der Waals surface area contributed by atoms with E-state index in [0.717, 1.165) is 74.4 Å². The first-order valence-corrected chi connectivity index (χ1v) is 12.4. The standard InChI is InChI=1S/C25H42N4O3S/c1-24(2)16-20(17-25(3,4)27-24)26-23(33)29(10-9-28-11-13-32-14-12-28)18-19-7-8-21(30-5)22(15-19)31-6/h7-8,15,20,27H,9-14,16-18H2,1-6H3,(H,26,33). The fourth-order valence-corrected chi connectivity index (χ4v) is 5.55. The third-order valence-electron chi connectivity index (χ3n) is 6.42. The van der Waals surface area contributed by atoms with Crippen molar-refractivity contribution in [1.82, 2.24) is 20.4 Å². The van der Waals surface area contributed by atoms with Crippen LogP contribution in [0.15, 0.2) is 18.2 Å². The molecule has 2 aliphatic heterocycles. The van der Waals surface area contributed by atoms with E-state index < -0.39 is 0 Å². The minimum atomic E-state index is 0.0665. The maximum Gasteiger partial charge on any atom is 0.169 e. The molecule has 1 aromatic rings. The van der Waals surface area contributed by atoms with Crippen LogP contribution in [0.5, 0.6) is 11.5 Å². The van der Waals surface area contributed by atoms with E-state index >= 15 is 0 Å². The highest BCUT2D eigenvalue weighted by Crippen LogP contribution is 2.30. The van der Waals surface area contributed by atoms with Gasteiger partial charge in [0.25, 0.3) is 0 Å². The van der Waals surface area contributed by atoms with Crippen molar-refractivity contribution < 1.29 is 14.2 Å². The van der Waals surface area contributed by atoms with Crippen LogP contribution in [0.25, 0.3) is 0 Å². The molecule has 2 fully saturated rings. The molecule has 2 heterocycles. The van der Waals surface area contributed by atoms with Gasteiger partial charge in [-0.25, -0.2) is 0 Å². The summed E-state index contributed by atoms with van der Waals surface area (Å²) in [5, 5.41) is 8.28. The zero-order chi connectivity index (χ0) is 24.1. The molecule has 0 aromatic heterocycles. The van der Waals surface area contributed by atoms with Gasteiger partial charge >= 0.3 is 0 Å². The Labute approximate surface area is 205 Å². The van der Waals surface area contributed by atoms with Crippen molar-refractivity contribution in [3.8, 4) is 11.5 Å². The predicted octanol–water partition coefficient (Wildman–Crippen LogP) is 3.02. The third kappa shape index (κ3) is 7.70. The average Bonchev–Trinajstić information content (AvgIpc) is 2.74. The number of thiocarbonyl (C=S) groups is 1. The fraction of sp³-hybridized carbons (Fsp3) is 0.720. The molecule has 1 aromatic carbocycles. The second-order valence-electron chi connectivity index (χ2n) is 10.5. The number of hydrogen-bond donors (Lipinski definition) is 2. The second kappa shape index (κ2) is 11.2. The van der Waals surface area contributed by atoms with Crippen molar-refractivity contribution >= 4 is 17.3 Å². The summed E-state index contributed by atoms with van der Waals surface area (Å²) >= 11 is 5.98. The molecule has 2 aliphatic rings. The van der Waals surface area contributed by atoms with Crippen LogP contribution in [-0.2, 0) is 11.3 Å². The number of morpholine rings is 1. The van der Waals surface area contributed by atoms with Gasteiger partial charge in [-0.1, -0.05) is 6.07 Å². The highest BCUT2D eigenvalue weighted by Gasteiger charge is 2.38. The van der Waals surface area contributed by atoms with E-state index in [4.69, 9.17) is 26.4 Å². The van der Waals surface area contributed by atoms with Crippen molar-refractivity contribution in [1.29, 1.82) is 0 Å². The molecular formula is C25H42N4O3S. The van der Waals surface area contributed by atoms with Crippen LogP contribution in [0.4, 0.5) is 0 Å². The molecule has 0 radical (unpaired) electrons. The summed E-state index contributed by atoms with van der Waals surface area (Å²) in [5.74, 6) is 1.48. The van der Waals surface area contributed by atoms with Gasteiger partial charge in [0, 0.05) is 49.8 Å². The molecule has 0 amide bonds. The van der Waals surface area contributed by atoms with E-state index in [1.165, 1.54) is 0 Å². The minimum Gasteiger partial charge on any atom is -0.493 e. The molecule has 3 rings (SSSR count). The van der Waals surface area contributed by atoms with Crippen LogP contribution in [0, 0.1) is 0 Å². The predicted molar refractivity (Wildman–Crippen MR) is 137 cm³/mol. The molecule has 0 spiro atoms. The number of nitrogens with zero attached hydrogens (tertiary/aromatic N) is 2. The number of rotatable bonds is 8. The van der Waals surface area contributed by atoms with Crippen LogP contribution >= 0.6 is 12.2 Å². The van der Waals surface area contributed by atoms with Gasteiger partial charge in [-0.05, 0) is 70.5 Å². The molecule has 8 heteroatoms. The topological polar surface area (TPSA) is 58.2 Å². The van der Waals surface area contributed by atoms with E-state index in [2.05, 4.69) is 54.2 Å². The smallest absolute Gasteiger partial charge is 0.169 e. The summed E-state index contributed by atoms with van der Waals surface area (Å²) in [6.45, 7) is 15.2. The number of piperidine rings is 1. The van der Waals surface area contributed by atoms with Crippen molar-refractivity contribution in [3.05, 3.63) is 23.8 Å². The molecule has 33 heavy (non-hydrogen) atoms. The van der Waals surface area contributed by atoms with Crippen molar-refractivity contribution in [2.75, 3.05) is 53.6 Å². The summed E-state index contributed by atoms with van der Waals surface area (Å²) in [6, 6.07) is 6.42. The number of hydrogen-bond acceptors (Lipinski definition) is 6. The van der Waals surface area contributed by atoms with Crippen LogP contribution in [0.3, 0.4) is 0 Å². The van der Waals surface area contributed by atoms with Gasteiger partial charge in [-0.3, -0.25) is 4.90 Å². The van der Waals surface area contributed by atoms with E-state index in [9.17, 15) is 0 Å². The largest absolute Gasteiger partial charge is 0.493 e. The highest BCUT2D eigenvalue weighted by atomic mass is 32.1. The Bertz CT molecular complexity index is 780. The summed E-state index contributed by atoms with van der Waals surface area (Å²) in [7, 11) is 3.33. The van der Waals surface area contributed by atoms with Gasteiger partial charge in [0.1, 0.15) is 0 Å². The number of methoxy groups -OCH3 is 2. The SMILES string of the molecule is COc1ccc(CN(CCN2CCOCC2)C(=S)NC2CC(C)(C)NC(C)(C)C2)cc1OC. The van der Waals surface area contributed by atoms with E-state index in [-0.39, 0.29) is 11.1 Å². The molecule has 2 N–H and O–H groups in total. The van der Waals surface area contributed by atoms with Crippen LogP contribution in [0.2, 0.25) is 0 Å². The Balaban J connectivity index is 1.72. The monoisotopic (exact) mass is 478 g/mol. The molecule has 0 atom stereocenters. The molecule has 0 bridgehead atoms. The summed E-state index contributed by atoms with van der Waals surface area (Å²) < 4.78 is 16.4. The van der Waals surface area contributed by atoms with Crippen LogP contribution in [0.1, 0.15) is 46.1 Å². The lowest BCUT2D eigenvalue weighted by molar-refractivity contribution is 0.0356. The van der Waals surface area contributed by atoms with Gasteiger partial charge in [-0.2, -0.15) is 0 Å². The van der Waals surface area contributed by atoms with E-state index in [1.54, 1.807) is 14.2 Å². The summed E-state index contributed by atoms with van der Waals surface area (Å²) in [5.41, 5.74) is 1.28. The summed E-state index contributed by atoms with van der Waals surface area (Å²) in [4.78, 5) is 4.73. The Morgan fingerprint density at radius 3 is 2.36 bits per heavy atom. The second-order valence-corrected chi connectivity index (χ2v) is 10.9. The zero-order valence-corrected chi connectivity index (χ0v) is 22.0. The van der Waals surface area contributed by atoms with Crippen LogP contribution in [-0.4, -0.2) is 85.6 Å². The quantitative estimate of drug-likeness (QED) is 0.553. The number of ether oxygens (including phenoxy) is 3. The van der Waals surface area contributed by atoms with Crippen molar-refractivity contribution in [3.63, 3.8) is 0 Å². The molecule has 2 saturated heterocycles. The van der Waals surface area contributed by atoms with Gasteiger partial charge in [0.05, 0.1) is 27.4 Å².